The molecule has 0 saturated heterocycles. The van der Waals surface area contributed by atoms with Crippen LogP contribution >= 0.6 is 0 Å². The quantitative estimate of drug-likeness (QED) is 0.786. The number of nitrogens with two attached hydrogens (primary N) is 1. The van der Waals surface area contributed by atoms with Gasteiger partial charge >= 0.3 is 0 Å². The molecule has 112 valence electrons. The monoisotopic (exact) mass is 293 g/mol. The number of anilines is 1. The van der Waals surface area contributed by atoms with Crippen molar-refractivity contribution in [3.8, 4) is 0 Å². The topological polar surface area (TPSA) is 69.6 Å². The maximum absolute atomic E-state index is 6.04. The van der Waals surface area contributed by atoms with Gasteiger partial charge in [0.05, 0.1) is 16.6 Å². The Bertz CT molecular complexity index is 825. The molecule has 0 saturated carbocycles. The summed E-state index contributed by atoms with van der Waals surface area (Å²) in [5, 5.41) is 5.48. The fourth-order valence-electron chi connectivity index (χ4n) is 2.32. The molecule has 0 aliphatic rings. The molecule has 5 nitrogen and oxygen atoms in total. The molecule has 0 fully saturated rings. The third-order valence-electron chi connectivity index (χ3n) is 3.39. The second-order valence-electron chi connectivity index (χ2n) is 6.17. The highest BCUT2D eigenvalue weighted by Gasteiger charge is 2.21. The number of aromatic nitrogens is 4. The zero-order valence-electron chi connectivity index (χ0n) is 13.0. The second-order valence-corrected chi connectivity index (χ2v) is 6.17. The first-order valence-corrected chi connectivity index (χ1v) is 7.19. The van der Waals surface area contributed by atoms with Crippen LogP contribution in [0, 0.1) is 0 Å². The number of nitrogens with zero attached hydrogens (tertiary/aromatic N) is 4. The van der Waals surface area contributed by atoms with E-state index < -0.39 is 0 Å². The van der Waals surface area contributed by atoms with Crippen LogP contribution in [0.4, 0.5) is 5.82 Å². The van der Waals surface area contributed by atoms with Crippen molar-refractivity contribution in [3.63, 3.8) is 0 Å². The Hall–Kier alpha value is -2.69. The fourth-order valence-corrected chi connectivity index (χ4v) is 2.32. The van der Waals surface area contributed by atoms with Crippen LogP contribution in [-0.4, -0.2) is 19.7 Å². The number of rotatable bonds is 2. The molecule has 0 bridgehead atoms. The predicted molar refractivity (Wildman–Crippen MR) is 90.1 cm³/mol. The predicted octanol–water partition coefficient (Wildman–Crippen LogP) is 3.33. The lowest BCUT2D eigenvalue weighted by Crippen LogP contribution is -2.23. The molecule has 0 aliphatic heterocycles. The van der Waals surface area contributed by atoms with Gasteiger partial charge in [0.25, 0.3) is 0 Å². The third-order valence-corrected chi connectivity index (χ3v) is 3.39. The second kappa shape index (κ2) is 5.26. The number of benzene rings is 1. The normalized spacial score (nSPS) is 12.3. The Morgan fingerprint density at radius 1 is 1.05 bits per heavy atom. The van der Waals surface area contributed by atoms with Crippen molar-refractivity contribution in [2.24, 2.45) is 0 Å². The zero-order valence-corrected chi connectivity index (χ0v) is 13.0. The van der Waals surface area contributed by atoms with E-state index in [9.17, 15) is 0 Å². The van der Waals surface area contributed by atoms with E-state index in [4.69, 9.17) is 5.73 Å². The highest BCUT2D eigenvalue weighted by Crippen LogP contribution is 2.27. The van der Waals surface area contributed by atoms with Gasteiger partial charge in [0.1, 0.15) is 12.1 Å². The van der Waals surface area contributed by atoms with Gasteiger partial charge < -0.3 is 5.73 Å². The van der Waals surface area contributed by atoms with E-state index in [2.05, 4.69) is 35.8 Å². The zero-order chi connectivity index (χ0) is 15.7. The number of hydrogen-bond donors (Lipinski definition) is 1. The molecule has 2 N–H and O–H groups in total. The highest BCUT2D eigenvalue weighted by atomic mass is 15.3. The summed E-state index contributed by atoms with van der Waals surface area (Å²) in [6.07, 6.45) is 5.45. The van der Waals surface area contributed by atoms with Crippen LogP contribution in [-0.2, 0) is 5.54 Å². The van der Waals surface area contributed by atoms with Gasteiger partial charge in [-0.1, -0.05) is 36.4 Å². The summed E-state index contributed by atoms with van der Waals surface area (Å²) in [5.41, 5.74) is 8.51. The molecule has 0 amide bonds. The molecule has 3 aromatic rings. The molecule has 3 rings (SSSR count). The minimum Gasteiger partial charge on any atom is -0.383 e. The summed E-state index contributed by atoms with van der Waals surface area (Å²) < 4.78 is 1.89. The average Bonchev–Trinajstić information content (AvgIpc) is 2.86. The standard InChI is InChI=1S/C17H19N5/c1-17(2,3)22-16-14(15(18)19-11-20-16)13(21-22)10-9-12-7-5-4-6-8-12/h4-11H,1-3H3,(H2,18,19,20). The maximum Gasteiger partial charge on any atom is 0.164 e. The van der Waals surface area contributed by atoms with Crippen LogP contribution in [0.3, 0.4) is 0 Å². The fraction of sp³-hybridized carbons (Fsp3) is 0.235. The first kappa shape index (κ1) is 14.3. The van der Waals surface area contributed by atoms with E-state index in [0.717, 1.165) is 22.3 Å². The van der Waals surface area contributed by atoms with Crippen molar-refractivity contribution in [2.75, 3.05) is 5.73 Å². The Labute approximate surface area is 129 Å². The van der Waals surface area contributed by atoms with Crippen molar-refractivity contribution < 1.29 is 0 Å². The van der Waals surface area contributed by atoms with Crippen LogP contribution in [0.25, 0.3) is 23.2 Å². The number of fused-ring (bicyclic) bond motifs is 1. The average molecular weight is 293 g/mol. The minimum atomic E-state index is -0.183. The smallest absolute Gasteiger partial charge is 0.164 e. The van der Waals surface area contributed by atoms with Crippen molar-refractivity contribution >= 4 is 29.0 Å². The molecule has 2 aromatic heterocycles. The lowest BCUT2D eigenvalue weighted by Gasteiger charge is -2.19. The molecule has 5 heteroatoms. The van der Waals surface area contributed by atoms with E-state index in [0.29, 0.717) is 5.82 Å². The van der Waals surface area contributed by atoms with Crippen LogP contribution in [0.2, 0.25) is 0 Å². The van der Waals surface area contributed by atoms with Gasteiger partial charge in [-0.3, -0.25) is 0 Å². The SMILES string of the molecule is CC(C)(C)n1nc(C=Cc2ccccc2)c2c(N)ncnc21. The van der Waals surface area contributed by atoms with Crippen molar-refractivity contribution in [1.82, 2.24) is 19.7 Å². The molecule has 0 unspecified atom stereocenters. The van der Waals surface area contributed by atoms with Crippen LogP contribution in [0.15, 0.2) is 36.7 Å². The molecule has 0 radical (unpaired) electrons. The summed E-state index contributed by atoms with van der Waals surface area (Å²) in [6, 6.07) is 10.1. The lowest BCUT2D eigenvalue weighted by atomic mass is 10.1. The Morgan fingerprint density at radius 2 is 1.77 bits per heavy atom. The van der Waals surface area contributed by atoms with Gasteiger partial charge in [-0.2, -0.15) is 5.10 Å². The van der Waals surface area contributed by atoms with E-state index in [1.54, 1.807) is 0 Å². The van der Waals surface area contributed by atoms with Crippen molar-refractivity contribution in [1.29, 1.82) is 0 Å². The van der Waals surface area contributed by atoms with Gasteiger partial charge in [-0.25, -0.2) is 14.6 Å². The van der Waals surface area contributed by atoms with Gasteiger partial charge in [-0.05, 0) is 32.4 Å². The molecule has 1 aromatic carbocycles. The first-order valence-electron chi connectivity index (χ1n) is 7.19. The summed E-state index contributed by atoms with van der Waals surface area (Å²) >= 11 is 0. The summed E-state index contributed by atoms with van der Waals surface area (Å²) in [7, 11) is 0. The minimum absolute atomic E-state index is 0.183. The Balaban J connectivity index is 2.16. The molecule has 0 atom stereocenters. The van der Waals surface area contributed by atoms with Gasteiger partial charge in [0.2, 0.25) is 0 Å². The molecule has 22 heavy (non-hydrogen) atoms. The first-order chi connectivity index (χ1) is 10.5. The molecule has 0 aliphatic carbocycles. The Kier molecular flexibility index (Phi) is 3.41. The van der Waals surface area contributed by atoms with Gasteiger partial charge in [0, 0.05) is 0 Å². The maximum atomic E-state index is 6.04. The van der Waals surface area contributed by atoms with Crippen LogP contribution in [0.1, 0.15) is 32.0 Å². The van der Waals surface area contributed by atoms with Crippen molar-refractivity contribution in [2.45, 2.75) is 26.3 Å². The van der Waals surface area contributed by atoms with Crippen LogP contribution < -0.4 is 5.73 Å². The number of nitrogen functional groups attached to an aromatic ring is 1. The van der Waals surface area contributed by atoms with E-state index in [1.165, 1.54) is 6.33 Å². The van der Waals surface area contributed by atoms with E-state index in [-0.39, 0.29) is 5.54 Å². The number of hydrogen-bond acceptors (Lipinski definition) is 4. The molecule has 2 heterocycles. The highest BCUT2D eigenvalue weighted by molar-refractivity contribution is 5.94. The lowest BCUT2D eigenvalue weighted by molar-refractivity contribution is 0.365. The molecular formula is C17H19N5. The Morgan fingerprint density at radius 3 is 2.45 bits per heavy atom. The van der Waals surface area contributed by atoms with Crippen molar-refractivity contribution in [3.05, 3.63) is 47.9 Å². The van der Waals surface area contributed by atoms with Gasteiger partial charge in [-0.15, -0.1) is 0 Å². The summed E-state index contributed by atoms with van der Waals surface area (Å²) in [6.45, 7) is 6.26. The summed E-state index contributed by atoms with van der Waals surface area (Å²) in [4.78, 5) is 8.46. The largest absolute Gasteiger partial charge is 0.383 e. The summed E-state index contributed by atoms with van der Waals surface area (Å²) in [5.74, 6) is 0.452. The van der Waals surface area contributed by atoms with Crippen LogP contribution in [0.5, 0.6) is 0 Å². The van der Waals surface area contributed by atoms with E-state index >= 15 is 0 Å². The third kappa shape index (κ3) is 2.57. The van der Waals surface area contributed by atoms with Gasteiger partial charge in [0.15, 0.2) is 5.65 Å². The molecule has 0 spiro atoms. The molecular weight excluding hydrogens is 274 g/mol. The van der Waals surface area contributed by atoms with E-state index in [1.807, 2.05) is 47.2 Å².